The molecule has 0 amide bonds. The molecule has 1 aliphatic carbocycles. The number of anilines is 1. The van der Waals surface area contributed by atoms with E-state index in [1.54, 1.807) is 6.07 Å². The summed E-state index contributed by atoms with van der Waals surface area (Å²) in [6, 6.07) is 5.10. The molecule has 2 rings (SSSR count). The smallest absolute Gasteiger partial charge is 0.337 e. The molecule has 1 fully saturated rings. The van der Waals surface area contributed by atoms with E-state index >= 15 is 0 Å². The lowest BCUT2D eigenvalue weighted by Crippen LogP contribution is -2.44. The number of carboxylic acids is 1. The molecule has 0 aromatic heterocycles. The van der Waals surface area contributed by atoms with Crippen LogP contribution in [0.2, 0.25) is 5.02 Å². The number of benzene rings is 1. The van der Waals surface area contributed by atoms with Gasteiger partial charge < -0.3 is 10.4 Å². The van der Waals surface area contributed by atoms with E-state index in [4.69, 9.17) is 28.9 Å². The third kappa shape index (κ3) is 4.75. The molecular formula is C14H18ClN3O2S. The Hall–Kier alpha value is -1.53. The Morgan fingerprint density at radius 1 is 1.29 bits per heavy atom. The van der Waals surface area contributed by atoms with Gasteiger partial charge in [-0.2, -0.15) is 0 Å². The van der Waals surface area contributed by atoms with E-state index in [0.717, 1.165) is 12.8 Å². The van der Waals surface area contributed by atoms with Gasteiger partial charge >= 0.3 is 5.97 Å². The number of nitrogens with one attached hydrogen (secondary N) is 3. The molecule has 1 aromatic rings. The van der Waals surface area contributed by atoms with Crippen molar-refractivity contribution in [3.8, 4) is 0 Å². The fraction of sp³-hybridized carbons (Fsp3) is 0.429. The molecule has 0 bridgehead atoms. The quantitative estimate of drug-likeness (QED) is 0.503. The molecule has 5 nitrogen and oxygen atoms in total. The summed E-state index contributed by atoms with van der Waals surface area (Å²) in [5.41, 5.74) is 6.39. The molecule has 0 heterocycles. The number of carboxylic acid groups (broad SMARTS) is 1. The second-order valence-corrected chi connectivity index (χ2v) is 5.87. The van der Waals surface area contributed by atoms with Gasteiger partial charge in [0.15, 0.2) is 5.11 Å². The van der Waals surface area contributed by atoms with Gasteiger partial charge in [-0.3, -0.25) is 10.9 Å². The summed E-state index contributed by atoms with van der Waals surface area (Å²) in [5, 5.41) is 13.0. The van der Waals surface area contributed by atoms with Crippen LogP contribution in [-0.4, -0.2) is 22.2 Å². The predicted octanol–water partition coefficient (Wildman–Crippen LogP) is 3.16. The first kappa shape index (κ1) is 15.9. The number of aromatic carboxylic acids is 1. The largest absolute Gasteiger partial charge is 0.478 e. The Bertz CT molecular complexity index is 533. The molecule has 1 aromatic carbocycles. The second-order valence-electron chi connectivity index (χ2n) is 5.06. The predicted molar refractivity (Wildman–Crippen MR) is 87.8 cm³/mol. The van der Waals surface area contributed by atoms with Crippen LogP contribution < -0.4 is 16.2 Å². The fourth-order valence-electron chi connectivity index (χ4n) is 2.36. The Balaban J connectivity index is 1.86. The highest BCUT2D eigenvalue weighted by molar-refractivity contribution is 7.80. The lowest BCUT2D eigenvalue weighted by molar-refractivity contribution is 0.0697. The molecule has 114 valence electrons. The number of hydrogen-bond acceptors (Lipinski definition) is 3. The minimum absolute atomic E-state index is 0.0506. The Kier molecular flexibility index (Phi) is 5.64. The van der Waals surface area contributed by atoms with Crippen molar-refractivity contribution in [2.24, 2.45) is 0 Å². The topological polar surface area (TPSA) is 73.4 Å². The number of rotatable bonds is 4. The minimum Gasteiger partial charge on any atom is -0.478 e. The van der Waals surface area contributed by atoms with Gasteiger partial charge in [0.25, 0.3) is 0 Å². The molecule has 21 heavy (non-hydrogen) atoms. The maximum Gasteiger partial charge on any atom is 0.337 e. The average Bonchev–Trinajstić information content (AvgIpc) is 2.47. The molecule has 0 saturated heterocycles. The van der Waals surface area contributed by atoms with Crippen LogP contribution in [0.3, 0.4) is 0 Å². The first-order valence-electron chi connectivity index (χ1n) is 6.91. The van der Waals surface area contributed by atoms with Gasteiger partial charge in [0.2, 0.25) is 0 Å². The normalized spacial score (nSPS) is 15.3. The van der Waals surface area contributed by atoms with E-state index in [9.17, 15) is 4.79 Å². The average molecular weight is 328 g/mol. The zero-order valence-corrected chi connectivity index (χ0v) is 13.1. The van der Waals surface area contributed by atoms with Crippen molar-refractivity contribution >= 4 is 40.6 Å². The zero-order valence-electron chi connectivity index (χ0n) is 11.5. The van der Waals surface area contributed by atoms with Crippen molar-refractivity contribution in [3.63, 3.8) is 0 Å². The fourth-order valence-corrected chi connectivity index (χ4v) is 2.78. The van der Waals surface area contributed by atoms with Crippen LogP contribution in [0, 0.1) is 0 Å². The summed E-state index contributed by atoms with van der Waals surface area (Å²) in [4.78, 5) is 11.0. The van der Waals surface area contributed by atoms with Crippen LogP contribution >= 0.6 is 23.8 Å². The molecule has 0 radical (unpaired) electrons. The van der Waals surface area contributed by atoms with Gasteiger partial charge in [0.05, 0.1) is 16.3 Å². The molecule has 1 aliphatic rings. The Morgan fingerprint density at radius 3 is 2.67 bits per heavy atom. The van der Waals surface area contributed by atoms with Gasteiger partial charge in [-0.25, -0.2) is 4.79 Å². The standard InChI is InChI=1S/C14H18ClN3O2S/c15-12-7-6-10(8-11(12)13(19)20)17-18-14(21)16-9-4-2-1-3-5-9/h6-9,17H,1-5H2,(H,19,20)(H2,16,18,21). The Labute approximate surface area is 134 Å². The van der Waals surface area contributed by atoms with Crippen LogP contribution in [-0.2, 0) is 0 Å². The number of carbonyl (C=O) groups is 1. The maximum atomic E-state index is 11.0. The molecule has 4 N–H and O–H groups in total. The highest BCUT2D eigenvalue weighted by Crippen LogP contribution is 2.20. The van der Waals surface area contributed by atoms with Gasteiger partial charge in [0.1, 0.15) is 0 Å². The summed E-state index contributed by atoms with van der Waals surface area (Å²) in [6.07, 6.45) is 6.01. The van der Waals surface area contributed by atoms with E-state index in [1.807, 2.05) is 0 Å². The third-order valence-electron chi connectivity index (χ3n) is 3.46. The molecule has 1 saturated carbocycles. The maximum absolute atomic E-state index is 11.0. The summed E-state index contributed by atoms with van der Waals surface area (Å²) < 4.78 is 0. The van der Waals surface area contributed by atoms with Gasteiger partial charge in [-0.15, -0.1) is 0 Å². The SMILES string of the molecule is O=C(O)c1cc(NNC(=S)NC2CCCCC2)ccc1Cl. The summed E-state index contributed by atoms with van der Waals surface area (Å²) in [6.45, 7) is 0. The molecule has 0 spiro atoms. The summed E-state index contributed by atoms with van der Waals surface area (Å²) >= 11 is 11.0. The van der Waals surface area contributed by atoms with Crippen LogP contribution in [0.1, 0.15) is 42.5 Å². The number of thiocarbonyl (C=S) groups is 1. The highest BCUT2D eigenvalue weighted by atomic mass is 35.5. The van der Waals surface area contributed by atoms with Crippen molar-refractivity contribution in [3.05, 3.63) is 28.8 Å². The van der Waals surface area contributed by atoms with Gasteiger partial charge in [0, 0.05) is 6.04 Å². The van der Waals surface area contributed by atoms with Crippen molar-refractivity contribution < 1.29 is 9.90 Å². The van der Waals surface area contributed by atoms with E-state index in [2.05, 4.69) is 16.2 Å². The summed E-state index contributed by atoms with van der Waals surface area (Å²) in [7, 11) is 0. The molecule has 0 aliphatic heterocycles. The van der Waals surface area contributed by atoms with E-state index in [0.29, 0.717) is 16.8 Å². The van der Waals surface area contributed by atoms with Crippen LogP contribution in [0.15, 0.2) is 18.2 Å². The van der Waals surface area contributed by atoms with Gasteiger partial charge in [-0.1, -0.05) is 30.9 Å². The zero-order chi connectivity index (χ0) is 15.2. The minimum atomic E-state index is -1.06. The first-order valence-corrected chi connectivity index (χ1v) is 7.70. The number of hydrazine groups is 1. The monoisotopic (exact) mass is 327 g/mol. The second kappa shape index (κ2) is 7.47. The van der Waals surface area contributed by atoms with Crippen molar-refractivity contribution in [1.82, 2.24) is 10.7 Å². The van der Waals surface area contributed by atoms with Crippen LogP contribution in [0.25, 0.3) is 0 Å². The van der Waals surface area contributed by atoms with E-state index < -0.39 is 5.97 Å². The highest BCUT2D eigenvalue weighted by Gasteiger charge is 2.14. The van der Waals surface area contributed by atoms with Crippen molar-refractivity contribution in [1.29, 1.82) is 0 Å². The number of halogens is 1. The first-order chi connectivity index (χ1) is 10.1. The molecule has 0 atom stereocenters. The lowest BCUT2D eigenvalue weighted by atomic mass is 9.96. The van der Waals surface area contributed by atoms with Crippen molar-refractivity contribution in [2.75, 3.05) is 5.43 Å². The molecular weight excluding hydrogens is 310 g/mol. The summed E-state index contributed by atoms with van der Waals surface area (Å²) in [5.74, 6) is -1.06. The van der Waals surface area contributed by atoms with Crippen molar-refractivity contribution in [2.45, 2.75) is 38.1 Å². The number of hydrogen-bond donors (Lipinski definition) is 4. The van der Waals surface area contributed by atoms with E-state index in [-0.39, 0.29) is 10.6 Å². The molecule has 0 unspecified atom stereocenters. The van der Waals surface area contributed by atoms with Crippen LogP contribution in [0.4, 0.5) is 5.69 Å². The third-order valence-corrected chi connectivity index (χ3v) is 4.01. The van der Waals surface area contributed by atoms with E-state index in [1.165, 1.54) is 31.4 Å². The lowest BCUT2D eigenvalue weighted by Gasteiger charge is -2.24. The van der Waals surface area contributed by atoms with Gasteiger partial charge in [-0.05, 0) is 43.3 Å². The Morgan fingerprint density at radius 2 is 2.00 bits per heavy atom. The molecule has 7 heteroatoms. The van der Waals surface area contributed by atoms with Crippen LogP contribution in [0.5, 0.6) is 0 Å².